The van der Waals surface area contributed by atoms with Crippen LogP contribution in [-0.2, 0) is 7.37 Å². The fraction of sp³-hybridized carbons (Fsp3) is 0.333. The first kappa shape index (κ1) is 24.0. The van der Waals surface area contributed by atoms with Crippen molar-refractivity contribution in [1.29, 1.82) is 0 Å². The van der Waals surface area contributed by atoms with Crippen LogP contribution in [0.5, 0.6) is 0 Å². The maximum atomic E-state index is 2.33. The Labute approximate surface area is 201 Å². The molecule has 31 heavy (non-hydrogen) atoms. The predicted octanol–water partition coefficient (Wildman–Crippen LogP) is 5.41. The average Bonchev–Trinajstić information content (AvgIpc) is 2.74. The summed E-state index contributed by atoms with van der Waals surface area (Å²) >= 11 is -1.43. The molecule has 0 radical (unpaired) electrons. The van der Waals surface area contributed by atoms with Crippen molar-refractivity contribution in [3.63, 3.8) is 0 Å². The Morgan fingerprint density at radius 2 is 0.710 bits per heavy atom. The predicted molar refractivity (Wildman–Crippen MR) is 133 cm³/mol. The molecular weight excluding hydrogens is 529 g/mol. The summed E-state index contributed by atoms with van der Waals surface area (Å²) in [5.41, 5.74) is 8.53. The summed E-state index contributed by atoms with van der Waals surface area (Å²) in [5, 5.41) is 0. The summed E-state index contributed by atoms with van der Waals surface area (Å²) in [4.78, 5) is 6.77. The molecule has 0 saturated heterocycles. The number of hydrogen-bond donors (Lipinski definition) is 0. The standard InChI is InChI=1S/3C9H12N.Dy/c3*1-8-6-4-5-7-9(8)10(2)3;/h3*4-7H,1H2,2-3H3;. The molecule has 0 fully saturated rings. The summed E-state index contributed by atoms with van der Waals surface area (Å²) in [7, 11) is 12.9. The van der Waals surface area contributed by atoms with Crippen LogP contribution in [0.4, 0.5) is 17.1 Å². The van der Waals surface area contributed by atoms with Gasteiger partial charge in [0.25, 0.3) is 0 Å². The van der Waals surface area contributed by atoms with Crippen molar-refractivity contribution in [2.45, 2.75) is 7.37 Å². The second-order valence-corrected chi connectivity index (χ2v) is 13.6. The van der Waals surface area contributed by atoms with Crippen LogP contribution in [0.2, 0.25) is 0 Å². The molecule has 3 rings (SSSR count). The Morgan fingerprint density at radius 1 is 0.452 bits per heavy atom. The van der Waals surface area contributed by atoms with Crippen molar-refractivity contribution in [2.75, 3.05) is 57.0 Å². The van der Waals surface area contributed by atoms with Crippen LogP contribution < -0.4 is 14.7 Å². The number of hydrogen-bond acceptors (Lipinski definition) is 3. The van der Waals surface area contributed by atoms with E-state index in [0.717, 1.165) is 0 Å². The van der Waals surface area contributed by atoms with Crippen LogP contribution in [0.25, 0.3) is 0 Å². The van der Waals surface area contributed by atoms with Gasteiger partial charge in [-0.15, -0.1) is 0 Å². The first-order chi connectivity index (χ1) is 14.9. The van der Waals surface area contributed by atoms with Gasteiger partial charge < -0.3 is 0 Å². The third-order valence-corrected chi connectivity index (χ3v) is 10.6. The topological polar surface area (TPSA) is 9.72 Å². The Hall–Kier alpha value is -1.67. The number of benzene rings is 3. The van der Waals surface area contributed by atoms with Gasteiger partial charge in [0, 0.05) is 0 Å². The number of nitrogens with zero attached hydrogens (tertiary/aromatic N) is 3. The Balaban J connectivity index is 1.97. The second kappa shape index (κ2) is 11.3. The van der Waals surface area contributed by atoms with Gasteiger partial charge >= 0.3 is 203 Å². The number of anilines is 3. The molecule has 0 aliphatic carbocycles. The number of rotatable bonds is 9. The van der Waals surface area contributed by atoms with Gasteiger partial charge in [-0.1, -0.05) is 0 Å². The van der Waals surface area contributed by atoms with E-state index in [1.165, 1.54) is 41.1 Å². The Bertz CT molecular complexity index is 854. The SMILES string of the molecule is CN(C)c1ccccc1[CH2][Dy]([CH2]c1ccccc1N(C)C)[CH2]c1ccccc1N(C)C. The maximum absolute atomic E-state index is 2.33. The summed E-state index contributed by atoms with van der Waals surface area (Å²) < 4.78 is 3.63. The fourth-order valence-corrected chi connectivity index (χ4v) is 9.61. The van der Waals surface area contributed by atoms with Crippen molar-refractivity contribution in [3.8, 4) is 0 Å². The first-order valence-corrected chi connectivity index (χ1v) is 14.9. The molecule has 0 bridgehead atoms. The molecule has 0 saturated carbocycles. The van der Waals surface area contributed by atoms with E-state index in [0.29, 0.717) is 0 Å². The summed E-state index contributed by atoms with van der Waals surface area (Å²) in [6.45, 7) is 0. The van der Waals surface area contributed by atoms with E-state index in [4.69, 9.17) is 0 Å². The van der Waals surface area contributed by atoms with Crippen molar-refractivity contribution >= 4 is 17.1 Å². The van der Waals surface area contributed by atoms with Gasteiger partial charge in [0.05, 0.1) is 0 Å². The van der Waals surface area contributed by atoms with E-state index in [2.05, 4.69) is 130 Å². The molecule has 0 spiro atoms. The van der Waals surface area contributed by atoms with Crippen molar-refractivity contribution in [2.24, 2.45) is 0 Å². The Kier molecular flexibility index (Phi) is 8.72. The molecular formula is C27H36DyN3. The van der Waals surface area contributed by atoms with Gasteiger partial charge in [0.1, 0.15) is 0 Å². The van der Waals surface area contributed by atoms with Crippen LogP contribution in [0, 0.1) is 32.3 Å². The second-order valence-electron chi connectivity index (χ2n) is 8.38. The van der Waals surface area contributed by atoms with E-state index in [1.54, 1.807) is 0 Å². The zero-order valence-corrected chi connectivity index (χ0v) is 21.7. The molecule has 0 aliphatic heterocycles. The van der Waals surface area contributed by atoms with Crippen LogP contribution in [0.3, 0.4) is 0 Å². The van der Waals surface area contributed by atoms with Gasteiger partial charge in [-0.25, -0.2) is 0 Å². The van der Waals surface area contributed by atoms with Crippen LogP contribution in [0.15, 0.2) is 72.8 Å². The normalized spacial score (nSPS) is 11.2. The van der Waals surface area contributed by atoms with Gasteiger partial charge in [0.2, 0.25) is 0 Å². The van der Waals surface area contributed by atoms with E-state index in [-0.39, 0.29) is 0 Å². The van der Waals surface area contributed by atoms with Crippen LogP contribution in [0.1, 0.15) is 16.7 Å². The zero-order chi connectivity index (χ0) is 22.4. The molecule has 0 aromatic heterocycles. The zero-order valence-electron chi connectivity index (χ0n) is 19.7. The van der Waals surface area contributed by atoms with E-state index in [1.807, 2.05) is 0 Å². The molecule has 0 amide bonds. The molecule has 3 aromatic rings. The van der Waals surface area contributed by atoms with Crippen LogP contribution in [-0.4, -0.2) is 42.3 Å². The minimum atomic E-state index is -1.43. The molecule has 3 nitrogen and oxygen atoms in total. The molecule has 0 atom stereocenters. The van der Waals surface area contributed by atoms with E-state index < -0.39 is 32.3 Å². The number of para-hydroxylation sites is 3. The first-order valence-electron chi connectivity index (χ1n) is 10.6. The summed E-state index contributed by atoms with van der Waals surface area (Å²) in [6, 6.07) is 26.8. The third kappa shape index (κ3) is 6.42. The van der Waals surface area contributed by atoms with Crippen molar-refractivity contribution in [3.05, 3.63) is 89.5 Å². The molecule has 3 aromatic carbocycles. The Morgan fingerprint density at radius 3 is 0.968 bits per heavy atom. The van der Waals surface area contributed by atoms with Gasteiger partial charge in [0.15, 0.2) is 0 Å². The quantitative estimate of drug-likeness (QED) is 0.344. The van der Waals surface area contributed by atoms with Crippen molar-refractivity contribution in [1.82, 2.24) is 0 Å². The molecule has 169 valence electrons. The minimum absolute atomic E-state index is 1.21. The van der Waals surface area contributed by atoms with Gasteiger partial charge in [-0.2, -0.15) is 0 Å². The molecule has 0 unspecified atom stereocenters. The molecule has 0 N–H and O–H groups in total. The molecule has 0 aliphatic rings. The van der Waals surface area contributed by atoms with Gasteiger partial charge in [-0.05, 0) is 0 Å². The third-order valence-electron chi connectivity index (χ3n) is 5.26. The van der Waals surface area contributed by atoms with E-state index in [9.17, 15) is 0 Å². The fourth-order valence-electron chi connectivity index (χ4n) is 3.75. The molecule has 0 heterocycles. The van der Waals surface area contributed by atoms with E-state index >= 15 is 0 Å². The average molecular weight is 565 g/mol. The monoisotopic (exact) mass is 566 g/mol. The summed E-state index contributed by atoms with van der Waals surface area (Å²) in [5.74, 6) is 0. The molecule has 4 heteroatoms. The summed E-state index contributed by atoms with van der Waals surface area (Å²) in [6.07, 6.45) is 0. The van der Waals surface area contributed by atoms with Gasteiger partial charge in [-0.3, -0.25) is 0 Å². The van der Waals surface area contributed by atoms with Crippen molar-refractivity contribution < 1.29 is 32.3 Å². The van der Waals surface area contributed by atoms with Crippen LogP contribution >= 0.6 is 0 Å².